The van der Waals surface area contributed by atoms with Crippen molar-refractivity contribution in [2.75, 3.05) is 24.6 Å². The molecule has 0 radical (unpaired) electrons. The predicted molar refractivity (Wildman–Crippen MR) is 78.5 cm³/mol. The molecule has 114 valence electrons. The Morgan fingerprint density at radius 2 is 2.05 bits per heavy atom. The second-order valence-corrected chi connectivity index (χ2v) is 5.18. The van der Waals surface area contributed by atoms with Crippen LogP contribution in [0.25, 0.3) is 0 Å². The number of ether oxygens (including phenoxy) is 1. The smallest absolute Gasteiger partial charge is 0.332 e. The monoisotopic (exact) mass is 292 g/mol. The summed E-state index contributed by atoms with van der Waals surface area (Å²) in [6, 6.07) is 1.94. The molecule has 0 spiro atoms. The molecule has 1 atom stereocenters. The second kappa shape index (κ2) is 6.14. The summed E-state index contributed by atoms with van der Waals surface area (Å²) in [5.74, 6) is 0.398. The van der Waals surface area contributed by atoms with Crippen molar-refractivity contribution >= 4 is 5.82 Å². The minimum absolute atomic E-state index is 0.0109. The zero-order chi connectivity index (χ0) is 15.6. The molecule has 1 aliphatic heterocycles. The van der Waals surface area contributed by atoms with Gasteiger partial charge in [0.05, 0.1) is 6.10 Å². The number of anilines is 1. The maximum Gasteiger partial charge on any atom is 0.332 e. The fourth-order valence-corrected chi connectivity index (χ4v) is 2.80. The van der Waals surface area contributed by atoms with E-state index >= 15 is 0 Å². The Balaban J connectivity index is 2.51. The fraction of sp³-hybridized carbons (Fsp3) is 0.643. The van der Waals surface area contributed by atoms with E-state index in [1.807, 2.05) is 17.9 Å². The lowest BCUT2D eigenvalue weighted by Gasteiger charge is -2.35. The van der Waals surface area contributed by atoms with Gasteiger partial charge in [0.1, 0.15) is 11.9 Å². The first kappa shape index (κ1) is 15.3. The number of rotatable bonds is 3. The molecule has 0 aromatic carbocycles. The summed E-state index contributed by atoms with van der Waals surface area (Å²) in [6.07, 6.45) is 1.92. The zero-order valence-electron chi connectivity index (χ0n) is 12.6. The molecule has 0 aliphatic carbocycles. The van der Waals surface area contributed by atoms with Gasteiger partial charge >= 0.3 is 5.69 Å². The van der Waals surface area contributed by atoms with E-state index in [4.69, 9.17) is 4.74 Å². The van der Waals surface area contributed by atoms with Crippen LogP contribution in [0.4, 0.5) is 5.82 Å². The van der Waals surface area contributed by atoms with Crippen molar-refractivity contribution in [3.63, 3.8) is 0 Å². The van der Waals surface area contributed by atoms with Crippen molar-refractivity contribution < 1.29 is 4.74 Å². The van der Waals surface area contributed by atoms with Crippen LogP contribution in [0.1, 0.15) is 25.3 Å². The van der Waals surface area contributed by atoms with Crippen LogP contribution in [-0.4, -0.2) is 34.9 Å². The van der Waals surface area contributed by atoms with Gasteiger partial charge in [-0.3, -0.25) is 13.9 Å². The third-order valence-electron chi connectivity index (χ3n) is 3.83. The van der Waals surface area contributed by atoms with Gasteiger partial charge in [0.25, 0.3) is 5.56 Å². The number of nitriles is 1. The highest BCUT2D eigenvalue weighted by molar-refractivity contribution is 5.53. The normalized spacial score (nSPS) is 18.6. The molecule has 0 amide bonds. The highest BCUT2D eigenvalue weighted by atomic mass is 16.5. The van der Waals surface area contributed by atoms with Crippen LogP contribution < -0.4 is 16.1 Å². The van der Waals surface area contributed by atoms with E-state index in [-0.39, 0.29) is 11.7 Å². The Bertz CT molecular complexity index is 681. The Kier molecular flexibility index (Phi) is 4.48. The minimum Gasteiger partial charge on any atom is -0.377 e. The van der Waals surface area contributed by atoms with Crippen molar-refractivity contribution in [1.82, 2.24) is 9.13 Å². The Labute approximate surface area is 123 Å². The zero-order valence-corrected chi connectivity index (χ0v) is 12.6. The van der Waals surface area contributed by atoms with Crippen LogP contribution in [0.3, 0.4) is 0 Å². The molecule has 0 saturated carbocycles. The van der Waals surface area contributed by atoms with Crippen molar-refractivity contribution in [2.45, 2.75) is 25.9 Å². The highest BCUT2D eigenvalue weighted by Crippen LogP contribution is 2.21. The van der Waals surface area contributed by atoms with Gasteiger partial charge in [-0.15, -0.1) is 0 Å². The molecule has 1 aliphatic rings. The van der Waals surface area contributed by atoms with E-state index in [2.05, 4.69) is 0 Å². The summed E-state index contributed by atoms with van der Waals surface area (Å²) in [5.41, 5.74) is -0.960. The topological polar surface area (TPSA) is 80.3 Å². The fourth-order valence-electron chi connectivity index (χ4n) is 2.80. The first-order chi connectivity index (χ1) is 10.0. The molecule has 1 aromatic heterocycles. The standard InChI is InChI=1S/C14H20N4O3/c1-4-21-10-6-5-7-18(9-10)12-11(8-15)13(19)17(3)14(20)16(12)2/h10H,4-7,9H2,1-3H3/t10-/m1/s1. The van der Waals surface area contributed by atoms with Crippen LogP contribution >= 0.6 is 0 Å². The van der Waals surface area contributed by atoms with E-state index < -0.39 is 11.2 Å². The highest BCUT2D eigenvalue weighted by Gasteiger charge is 2.26. The average molecular weight is 292 g/mol. The quantitative estimate of drug-likeness (QED) is 0.781. The molecule has 0 bridgehead atoms. The lowest BCUT2D eigenvalue weighted by Crippen LogP contribution is -2.46. The van der Waals surface area contributed by atoms with Crippen LogP contribution in [0.15, 0.2) is 9.59 Å². The summed E-state index contributed by atoms with van der Waals surface area (Å²) < 4.78 is 7.97. The molecule has 1 fully saturated rings. The van der Waals surface area contributed by atoms with Gasteiger partial charge in [0.15, 0.2) is 5.56 Å². The van der Waals surface area contributed by atoms with Crippen molar-refractivity contribution in [3.05, 3.63) is 26.4 Å². The van der Waals surface area contributed by atoms with Crippen molar-refractivity contribution in [1.29, 1.82) is 5.26 Å². The summed E-state index contributed by atoms with van der Waals surface area (Å²) in [4.78, 5) is 26.1. The van der Waals surface area contributed by atoms with Gasteiger partial charge < -0.3 is 9.64 Å². The van der Waals surface area contributed by atoms with Crippen molar-refractivity contribution in [3.8, 4) is 6.07 Å². The summed E-state index contributed by atoms with van der Waals surface area (Å²) in [7, 11) is 2.97. The van der Waals surface area contributed by atoms with E-state index in [1.165, 1.54) is 11.6 Å². The lowest BCUT2D eigenvalue weighted by molar-refractivity contribution is 0.0523. The van der Waals surface area contributed by atoms with E-state index in [1.54, 1.807) is 7.05 Å². The summed E-state index contributed by atoms with van der Waals surface area (Å²) >= 11 is 0. The Morgan fingerprint density at radius 1 is 1.33 bits per heavy atom. The second-order valence-electron chi connectivity index (χ2n) is 5.18. The lowest BCUT2D eigenvalue weighted by atomic mass is 10.1. The van der Waals surface area contributed by atoms with Gasteiger partial charge in [-0.25, -0.2) is 4.79 Å². The Morgan fingerprint density at radius 3 is 2.67 bits per heavy atom. The molecule has 2 heterocycles. The summed E-state index contributed by atoms with van der Waals surface area (Å²) in [6.45, 7) is 3.86. The van der Waals surface area contributed by atoms with E-state index in [0.717, 1.165) is 17.4 Å². The summed E-state index contributed by atoms with van der Waals surface area (Å²) in [5, 5.41) is 9.30. The van der Waals surface area contributed by atoms with Gasteiger partial charge in [-0.1, -0.05) is 0 Å². The molecule has 1 saturated heterocycles. The van der Waals surface area contributed by atoms with Gasteiger partial charge in [0.2, 0.25) is 0 Å². The molecule has 2 rings (SSSR count). The number of piperidine rings is 1. The molecule has 7 nitrogen and oxygen atoms in total. The predicted octanol–water partition coefficient (Wildman–Crippen LogP) is -0.0390. The van der Waals surface area contributed by atoms with Crippen LogP contribution in [0.2, 0.25) is 0 Å². The third-order valence-corrected chi connectivity index (χ3v) is 3.83. The SMILES string of the molecule is CCO[C@@H]1CCCN(c2c(C#N)c(=O)n(C)c(=O)n2C)C1. The largest absolute Gasteiger partial charge is 0.377 e. The number of nitrogens with zero attached hydrogens (tertiary/aromatic N) is 4. The molecule has 7 heteroatoms. The number of hydrogen-bond acceptors (Lipinski definition) is 5. The molecular weight excluding hydrogens is 272 g/mol. The maximum absolute atomic E-state index is 12.1. The molecule has 1 aromatic rings. The first-order valence-electron chi connectivity index (χ1n) is 7.07. The number of aromatic nitrogens is 2. The molecule has 0 unspecified atom stereocenters. The van der Waals surface area contributed by atoms with Gasteiger partial charge in [-0.2, -0.15) is 5.26 Å². The molecule has 0 N–H and O–H groups in total. The van der Waals surface area contributed by atoms with Gasteiger partial charge in [-0.05, 0) is 19.8 Å². The third kappa shape index (κ3) is 2.72. The van der Waals surface area contributed by atoms with Gasteiger partial charge in [0, 0.05) is 33.8 Å². The number of hydrogen-bond donors (Lipinski definition) is 0. The van der Waals surface area contributed by atoms with Crippen LogP contribution in [-0.2, 0) is 18.8 Å². The van der Waals surface area contributed by atoms with Crippen LogP contribution in [0.5, 0.6) is 0 Å². The maximum atomic E-state index is 12.1. The van der Waals surface area contributed by atoms with E-state index in [0.29, 0.717) is 25.5 Å². The van der Waals surface area contributed by atoms with Crippen LogP contribution in [0, 0.1) is 11.3 Å². The first-order valence-corrected chi connectivity index (χ1v) is 7.07. The molecular formula is C14H20N4O3. The minimum atomic E-state index is -0.547. The average Bonchev–Trinajstić information content (AvgIpc) is 2.49. The Hall–Kier alpha value is -2.07. The molecule has 21 heavy (non-hydrogen) atoms. The van der Waals surface area contributed by atoms with E-state index in [9.17, 15) is 14.9 Å². The van der Waals surface area contributed by atoms with Crippen molar-refractivity contribution in [2.24, 2.45) is 14.1 Å².